The first kappa shape index (κ1) is 15.4. The van der Waals surface area contributed by atoms with Gasteiger partial charge in [0.25, 0.3) is 0 Å². The van der Waals surface area contributed by atoms with Gasteiger partial charge < -0.3 is 9.64 Å². The maximum Gasteiger partial charge on any atom is 0.208 e. The third kappa shape index (κ3) is 6.17. The number of likely N-dealkylation sites (N-methyl/N-ethyl adjacent to an activating group) is 1. The summed E-state index contributed by atoms with van der Waals surface area (Å²) in [6.07, 6.45) is 5.42. The molecule has 1 aromatic rings. The molecule has 19 heavy (non-hydrogen) atoms. The summed E-state index contributed by atoms with van der Waals surface area (Å²) < 4.78 is 4.98. The number of guanidine groups is 1. The van der Waals surface area contributed by atoms with Crippen LogP contribution < -0.4 is 11.3 Å². The Morgan fingerprint density at radius 3 is 2.84 bits per heavy atom. The molecule has 0 aliphatic heterocycles. The number of methoxy groups -OCH3 is 1. The molecular formula is C13H23N5O. The molecular weight excluding hydrogens is 242 g/mol. The summed E-state index contributed by atoms with van der Waals surface area (Å²) in [5, 5.41) is 0. The van der Waals surface area contributed by atoms with E-state index >= 15 is 0 Å². The van der Waals surface area contributed by atoms with Gasteiger partial charge in [-0.3, -0.25) is 15.4 Å². The van der Waals surface area contributed by atoms with Crippen molar-refractivity contribution >= 4 is 5.96 Å². The molecule has 0 saturated heterocycles. The third-order valence-electron chi connectivity index (χ3n) is 2.74. The van der Waals surface area contributed by atoms with Gasteiger partial charge in [0.05, 0.1) is 0 Å². The van der Waals surface area contributed by atoms with Crippen LogP contribution >= 0.6 is 0 Å². The predicted molar refractivity (Wildman–Crippen MR) is 76.7 cm³/mol. The first-order valence-corrected chi connectivity index (χ1v) is 6.38. The molecule has 0 aliphatic rings. The number of hydrazine groups is 1. The lowest BCUT2D eigenvalue weighted by Gasteiger charge is -2.20. The fourth-order valence-corrected chi connectivity index (χ4v) is 1.62. The summed E-state index contributed by atoms with van der Waals surface area (Å²) in [5.41, 5.74) is 3.89. The van der Waals surface area contributed by atoms with Crippen LogP contribution in [-0.4, -0.2) is 49.7 Å². The van der Waals surface area contributed by atoms with E-state index in [9.17, 15) is 0 Å². The van der Waals surface area contributed by atoms with E-state index in [0.717, 1.165) is 19.4 Å². The van der Waals surface area contributed by atoms with Crippen molar-refractivity contribution in [3.8, 4) is 0 Å². The first-order valence-electron chi connectivity index (χ1n) is 6.38. The minimum absolute atomic E-state index is 0.699. The van der Waals surface area contributed by atoms with Gasteiger partial charge in [-0.1, -0.05) is 0 Å². The van der Waals surface area contributed by atoms with Crippen LogP contribution in [0.3, 0.4) is 0 Å². The number of pyridine rings is 1. The maximum atomic E-state index is 5.49. The van der Waals surface area contributed by atoms with Crippen molar-refractivity contribution in [3.63, 3.8) is 0 Å². The Morgan fingerprint density at radius 1 is 1.47 bits per heavy atom. The van der Waals surface area contributed by atoms with Crippen LogP contribution in [0.1, 0.15) is 12.0 Å². The van der Waals surface area contributed by atoms with E-state index in [2.05, 4.69) is 15.4 Å². The molecule has 0 radical (unpaired) electrons. The van der Waals surface area contributed by atoms with Crippen LogP contribution in [0.25, 0.3) is 0 Å². The highest BCUT2D eigenvalue weighted by molar-refractivity contribution is 5.79. The van der Waals surface area contributed by atoms with Crippen molar-refractivity contribution in [3.05, 3.63) is 30.1 Å². The average molecular weight is 265 g/mol. The minimum Gasteiger partial charge on any atom is -0.385 e. The number of aliphatic imine (C=N–C) groups is 1. The van der Waals surface area contributed by atoms with Crippen molar-refractivity contribution in [2.75, 3.05) is 33.9 Å². The van der Waals surface area contributed by atoms with Gasteiger partial charge in [-0.05, 0) is 30.5 Å². The van der Waals surface area contributed by atoms with Crippen LogP contribution in [0.15, 0.2) is 29.5 Å². The predicted octanol–water partition coefficient (Wildman–Crippen LogP) is 0.412. The van der Waals surface area contributed by atoms with E-state index < -0.39 is 0 Å². The molecule has 106 valence electrons. The zero-order chi connectivity index (χ0) is 13.9. The molecule has 0 atom stereocenters. The third-order valence-corrected chi connectivity index (χ3v) is 2.74. The summed E-state index contributed by atoms with van der Waals surface area (Å²) in [6.45, 7) is 2.26. The number of nitrogens with zero attached hydrogens (tertiary/aromatic N) is 3. The summed E-state index contributed by atoms with van der Waals surface area (Å²) in [7, 11) is 3.66. The minimum atomic E-state index is 0.699. The van der Waals surface area contributed by atoms with Gasteiger partial charge in [0.1, 0.15) is 0 Å². The van der Waals surface area contributed by atoms with Crippen molar-refractivity contribution in [1.82, 2.24) is 15.3 Å². The first-order chi connectivity index (χ1) is 9.27. The summed E-state index contributed by atoms with van der Waals surface area (Å²) >= 11 is 0. The zero-order valence-electron chi connectivity index (χ0n) is 11.7. The van der Waals surface area contributed by atoms with Crippen molar-refractivity contribution in [2.45, 2.75) is 12.8 Å². The number of rotatable bonds is 7. The summed E-state index contributed by atoms with van der Waals surface area (Å²) in [4.78, 5) is 10.4. The van der Waals surface area contributed by atoms with E-state index in [0.29, 0.717) is 19.1 Å². The highest BCUT2D eigenvalue weighted by Gasteiger charge is 2.04. The molecule has 0 saturated carbocycles. The van der Waals surface area contributed by atoms with Crippen LogP contribution in [-0.2, 0) is 11.2 Å². The van der Waals surface area contributed by atoms with E-state index in [1.165, 1.54) is 5.56 Å². The molecule has 0 spiro atoms. The molecule has 1 rings (SSSR count). The SMILES string of the molecule is COCCCN=C(NN)N(C)CCc1ccncc1. The fraction of sp³-hybridized carbons (Fsp3) is 0.538. The van der Waals surface area contributed by atoms with Gasteiger partial charge in [-0.2, -0.15) is 0 Å². The molecule has 1 heterocycles. The summed E-state index contributed by atoms with van der Waals surface area (Å²) in [6, 6.07) is 4.03. The van der Waals surface area contributed by atoms with Gasteiger partial charge in [-0.25, -0.2) is 5.84 Å². The molecule has 6 heteroatoms. The number of hydrogen-bond acceptors (Lipinski definition) is 4. The fourth-order valence-electron chi connectivity index (χ4n) is 1.62. The lowest BCUT2D eigenvalue weighted by atomic mass is 10.2. The number of nitrogens with one attached hydrogen (secondary N) is 1. The van der Waals surface area contributed by atoms with Crippen LogP contribution in [0.4, 0.5) is 0 Å². The average Bonchev–Trinajstić information content (AvgIpc) is 2.46. The Hall–Kier alpha value is -1.66. The molecule has 1 aromatic heterocycles. The van der Waals surface area contributed by atoms with Crippen molar-refractivity contribution in [1.29, 1.82) is 0 Å². The van der Waals surface area contributed by atoms with Gasteiger partial charge in [-0.15, -0.1) is 0 Å². The molecule has 0 unspecified atom stereocenters. The van der Waals surface area contributed by atoms with Crippen molar-refractivity contribution in [2.24, 2.45) is 10.8 Å². The maximum absolute atomic E-state index is 5.49. The van der Waals surface area contributed by atoms with Crippen LogP contribution in [0.5, 0.6) is 0 Å². The monoisotopic (exact) mass is 265 g/mol. The van der Waals surface area contributed by atoms with E-state index in [1.807, 2.05) is 24.1 Å². The Bertz CT molecular complexity index is 369. The number of ether oxygens (including phenoxy) is 1. The smallest absolute Gasteiger partial charge is 0.208 e. The largest absolute Gasteiger partial charge is 0.385 e. The Labute approximate surface area is 114 Å². The second kappa shape index (κ2) is 9.29. The van der Waals surface area contributed by atoms with E-state index in [1.54, 1.807) is 19.5 Å². The Morgan fingerprint density at radius 2 is 2.21 bits per heavy atom. The van der Waals surface area contributed by atoms with Crippen LogP contribution in [0, 0.1) is 0 Å². The molecule has 0 fully saturated rings. The Balaban J connectivity index is 2.38. The van der Waals surface area contributed by atoms with Gasteiger partial charge >= 0.3 is 0 Å². The molecule has 0 aromatic carbocycles. The molecule has 0 aliphatic carbocycles. The second-order valence-electron chi connectivity index (χ2n) is 4.22. The van der Waals surface area contributed by atoms with Gasteiger partial charge in [0.2, 0.25) is 5.96 Å². The highest BCUT2D eigenvalue weighted by atomic mass is 16.5. The second-order valence-corrected chi connectivity index (χ2v) is 4.22. The topological polar surface area (TPSA) is 75.8 Å². The quantitative estimate of drug-likeness (QED) is 0.245. The van der Waals surface area contributed by atoms with Gasteiger partial charge in [0.15, 0.2) is 0 Å². The number of hydrogen-bond donors (Lipinski definition) is 2. The molecule has 0 amide bonds. The molecule has 6 nitrogen and oxygen atoms in total. The highest BCUT2D eigenvalue weighted by Crippen LogP contribution is 1.99. The van der Waals surface area contributed by atoms with Crippen LogP contribution in [0.2, 0.25) is 0 Å². The number of nitrogens with two attached hydrogens (primary N) is 1. The lowest BCUT2D eigenvalue weighted by Crippen LogP contribution is -2.43. The zero-order valence-corrected chi connectivity index (χ0v) is 11.7. The Kier molecular flexibility index (Phi) is 7.53. The van der Waals surface area contributed by atoms with E-state index in [-0.39, 0.29) is 0 Å². The van der Waals surface area contributed by atoms with Crippen molar-refractivity contribution < 1.29 is 4.74 Å². The normalized spacial score (nSPS) is 11.4. The van der Waals surface area contributed by atoms with Gasteiger partial charge in [0, 0.05) is 46.2 Å². The molecule has 0 bridgehead atoms. The van der Waals surface area contributed by atoms with E-state index in [4.69, 9.17) is 10.6 Å². The lowest BCUT2D eigenvalue weighted by molar-refractivity contribution is 0.197. The number of aromatic nitrogens is 1. The summed E-state index contributed by atoms with van der Waals surface area (Å²) in [5.74, 6) is 6.19. The molecule has 3 N–H and O–H groups in total. The standard InChI is InChI=1S/C13H23N5O/c1-18(10-6-12-4-8-15-9-5-12)13(17-14)16-7-3-11-19-2/h4-5,8-9H,3,6-7,10-11,14H2,1-2H3,(H,16,17).